The van der Waals surface area contributed by atoms with E-state index in [0.717, 1.165) is 11.3 Å². The molecular formula is C18H17N3O4. The number of hydrogen-bond acceptors (Lipinski definition) is 5. The zero-order valence-electron chi connectivity index (χ0n) is 13.8. The molecule has 0 unspecified atom stereocenters. The topological polar surface area (TPSA) is 86.4 Å². The molecular weight excluding hydrogens is 322 g/mol. The van der Waals surface area contributed by atoms with E-state index in [1.165, 1.54) is 19.4 Å². The summed E-state index contributed by atoms with van der Waals surface area (Å²) >= 11 is 0. The van der Waals surface area contributed by atoms with E-state index in [0.29, 0.717) is 0 Å². The smallest absolute Gasteiger partial charge is 0.341 e. The summed E-state index contributed by atoms with van der Waals surface area (Å²) in [6.45, 7) is 1.87. The second-order valence-corrected chi connectivity index (χ2v) is 5.45. The summed E-state index contributed by atoms with van der Waals surface area (Å²) in [7, 11) is 1.27. The lowest BCUT2D eigenvalue weighted by Gasteiger charge is -2.14. The fourth-order valence-electron chi connectivity index (χ4n) is 2.38. The number of carbonyl (C=O) groups excluding carboxylic acids is 2. The van der Waals surface area contributed by atoms with Crippen molar-refractivity contribution in [1.29, 1.82) is 0 Å². The number of nitrogens with one attached hydrogen (secondary N) is 1. The molecule has 2 heterocycles. The van der Waals surface area contributed by atoms with Crippen LogP contribution < -0.4 is 5.32 Å². The van der Waals surface area contributed by atoms with Gasteiger partial charge in [0.05, 0.1) is 25.0 Å². The SMILES string of the molecule is COC(=O)c1coc(C(=O)N[C@@H](C)c2ccc(-n3ccnc3)cc2)c1. The minimum atomic E-state index is -0.550. The van der Waals surface area contributed by atoms with Gasteiger partial charge in [0.15, 0.2) is 5.76 Å². The third-order valence-electron chi connectivity index (χ3n) is 3.79. The van der Waals surface area contributed by atoms with E-state index in [-0.39, 0.29) is 17.4 Å². The molecule has 0 aliphatic heterocycles. The molecule has 0 saturated heterocycles. The molecule has 0 bridgehead atoms. The molecule has 0 radical (unpaired) electrons. The van der Waals surface area contributed by atoms with Crippen LogP contribution >= 0.6 is 0 Å². The Labute approximate surface area is 144 Å². The summed E-state index contributed by atoms with van der Waals surface area (Å²) in [5.74, 6) is -0.894. The van der Waals surface area contributed by atoms with Crippen molar-refractivity contribution in [3.8, 4) is 5.69 Å². The van der Waals surface area contributed by atoms with Gasteiger partial charge in [0, 0.05) is 24.1 Å². The van der Waals surface area contributed by atoms with Crippen LogP contribution in [-0.4, -0.2) is 28.5 Å². The lowest BCUT2D eigenvalue weighted by atomic mass is 10.1. The maximum atomic E-state index is 12.2. The predicted molar refractivity (Wildman–Crippen MR) is 89.5 cm³/mol. The number of benzene rings is 1. The molecule has 1 N–H and O–H groups in total. The van der Waals surface area contributed by atoms with Crippen LogP contribution in [-0.2, 0) is 4.74 Å². The fourth-order valence-corrected chi connectivity index (χ4v) is 2.38. The first-order chi connectivity index (χ1) is 12.1. The molecule has 3 aromatic rings. The average molecular weight is 339 g/mol. The van der Waals surface area contributed by atoms with Gasteiger partial charge >= 0.3 is 5.97 Å². The number of furan rings is 1. The van der Waals surface area contributed by atoms with Gasteiger partial charge in [-0.2, -0.15) is 0 Å². The summed E-state index contributed by atoms with van der Waals surface area (Å²) < 4.78 is 11.6. The molecule has 25 heavy (non-hydrogen) atoms. The maximum Gasteiger partial charge on any atom is 0.341 e. The third kappa shape index (κ3) is 3.60. The molecule has 1 atom stereocenters. The fraction of sp³-hybridized carbons (Fsp3) is 0.167. The molecule has 0 fully saturated rings. The molecule has 0 aliphatic carbocycles. The van der Waals surface area contributed by atoms with Crippen molar-refractivity contribution in [3.05, 3.63) is 72.2 Å². The number of carbonyl (C=O) groups is 2. The van der Waals surface area contributed by atoms with E-state index in [4.69, 9.17) is 4.42 Å². The molecule has 3 rings (SSSR count). The largest absolute Gasteiger partial charge is 0.465 e. The second-order valence-electron chi connectivity index (χ2n) is 5.45. The number of rotatable bonds is 5. The zero-order valence-corrected chi connectivity index (χ0v) is 13.8. The first-order valence-corrected chi connectivity index (χ1v) is 7.64. The molecule has 1 amide bonds. The summed E-state index contributed by atoms with van der Waals surface area (Å²) in [4.78, 5) is 27.7. The third-order valence-corrected chi connectivity index (χ3v) is 3.79. The quantitative estimate of drug-likeness (QED) is 0.722. The Morgan fingerprint density at radius 1 is 1.28 bits per heavy atom. The standard InChI is InChI=1S/C18H17N3O4/c1-12(13-3-5-15(6-4-13)21-8-7-19-11-21)20-17(22)16-9-14(10-25-16)18(23)24-2/h3-12H,1-2H3,(H,20,22)/t12-/m0/s1. The van der Waals surface area contributed by atoms with Crippen LogP contribution in [0.15, 0.2) is 59.7 Å². The Morgan fingerprint density at radius 3 is 2.68 bits per heavy atom. The van der Waals surface area contributed by atoms with Crippen molar-refractivity contribution in [3.63, 3.8) is 0 Å². The Hall–Kier alpha value is -3.35. The van der Waals surface area contributed by atoms with Crippen molar-refractivity contribution in [2.24, 2.45) is 0 Å². The highest BCUT2D eigenvalue weighted by Crippen LogP contribution is 2.17. The van der Waals surface area contributed by atoms with Gasteiger partial charge in [0.2, 0.25) is 0 Å². The van der Waals surface area contributed by atoms with Crippen molar-refractivity contribution >= 4 is 11.9 Å². The number of esters is 1. The lowest BCUT2D eigenvalue weighted by Crippen LogP contribution is -2.26. The first kappa shape index (κ1) is 16.5. The van der Waals surface area contributed by atoms with Gasteiger partial charge in [-0.05, 0) is 24.6 Å². The average Bonchev–Trinajstić information content (AvgIpc) is 3.33. The van der Waals surface area contributed by atoms with E-state index >= 15 is 0 Å². The van der Waals surface area contributed by atoms with Crippen molar-refractivity contribution in [2.75, 3.05) is 7.11 Å². The number of imidazole rings is 1. The van der Waals surface area contributed by atoms with E-state index in [9.17, 15) is 9.59 Å². The van der Waals surface area contributed by atoms with Crippen molar-refractivity contribution < 1.29 is 18.7 Å². The van der Waals surface area contributed by atoms with Crippen molar-refractivity contribution in [2.45, 2.75) is 13.0 Å². The Morgan fingerprint density at radius 2 is 2.04 bits per heavy atom. The maximum absolute atomic E-state index is 12.2. The minimum absolute atomic E-state index is 0.0577. The van der Waals surface area contributed by atoms with E-state index in [1.54, 1.807) is 12.5 Å². The summed E-state index contributed by atoms with van der Waals surface area (Å²) in [5, 5.41) is 2.83. The number of nitrogens with zero attached hydrogens (tertiary/aromatic N) is 2. The highest BCUT2D eigenvalue weighted by molar-refractivity contribution is 5.96. The zero-order chi connectivity index (χ0) is 17.8. The van der Waals surface area contributed by atoms with Crippen LogP contribution in [0.4, 0.5) is 0 Å². The van der Waals surface area contributed by atoms with Crippen molar-refractivity contribution in [1.82, 2.24) is 14.9 Å². The normalized spacial score (nSPS) is 11.8. The summed E-state index contributed by atoms with van der Waals surface area (Å²) in [6, 6.07) is 8.89. The molecule has 0 aliphatic rings. The summed E-state index contributed by atoms with van der Waals surface area (Å²) in [6.07, 6.45) is 6.49. The number of aromatic nitrogens is 2. The lowest BCUT2D eigenvalue weighted by molar-refractivity contribution is 0.0599. The van der Waals surface area contributed by atoms with E-state index in [2.05, 4.69) is 15.0 Å². The molecule has 128 valence electrons. The number of ether oxygens (including phenoxy) is 1. The van der Waals surface area contributed by atoms with Crippen LogP contribution in [0.2, 0.25) is 0 Å². The summed E-state index contributed by atoms with van der Waals surface area (Å²) in [5.41, 5.74) is 2.12. The molecule has 2 aromatic heterocycles. The van der Waals surface area contributed by atoms with Gasteiger partial charge in [0.1, 0.15) is 6.26 Å². The van der Waals surface area contributed by atoms with Crippen LogP contribution in [0.3, 0.4) is 0 Å². The van der Waals surface area contributed by atoms with Gasteiger partial charge < -0.3 is 19.0 Å². The van der Waals surface area contributed by atoms with E-state index in [1.807, 2.05) is 42.0 Å². The number of amides is 1. The first-order valence-electron chi connectivity index (χ1n) is 7.64. The Kier molecular flexibility index (Phi) is 4.65. The second kappa shape index (κ2) is 7.04. The molecule has 7 heteroatoms. The minimum Gasteiger partial charge on any atom is -0.465 e. The molecule has 7 nitrogen and oxygen atoms in total. The van der Waals surface area contributed by atoms with Gasteiger partial charge in [-0.25, -0.2) is 9.78 Å². The van der Waals surface area contributed by atoms with Crippen LogP contribution in [0.5, 0.6) is 0 Å². The Bertz CT molecular complexity index is 866. The van der Waals surface area contributed by atoms with Gasteiger partial charge in [0.25, 0.3) is 5.91 Å². The number of hydrogen-bond donors (Lipinski definition) is 1. The van der Waals surface area contributed by atoms with Crippen LogP contribution in [0, 0.1) is 0 Å². The predicted octanol–water partition coefficient (Wildman–Crippen LogP) is 2.74. The Balaban J connectivity index is 1.67. The van der Waals surface area contributed by atoms with Gasteiger partial charge in [-0.3, -0.25) is 4.79 Å². The molecule has 0 saturated carbocycles. The monoisotopic (exact) mass is 339 g/mol. The number of methoxy groups -OCH3 is 1. The van der Waals surface area contributed by atoms with E-state index < -0.39 is 11.9 Å². The van der Waals surface area contributed by atoms with Gasteiger partial charge in [-0.15, -0.1) is 0 Å². The highest BCUT2D eigenvalue weighted by Gasteiger charge is 2.18. The molecule has 1 aromatic carbocycles. The molecule has 0 spiro atoms. The van der Waals surface area contributed by atoms with Crippen LogP contribution in [0.1, 0.15) is 39.4 Å². The van der Waals surface area contributed by atoms with Crippen LogP contribution in [0.25, 0.3) is 5.69 Å². The van der Waals surface area contributed by atoms with Gasteiger partial charge in [-0.1, -0.05) is 12.1 Å². The highest BCUT2D eigenvalue weighted by atomic mass is 16.5.